The summed E-state index contributed by atoms with van der Waals surface area (Å²) in [5.41, 5.74) is 1.14. The highest BCUT2D eigenvalue weighted by Gasteiger charge is 2.49. The van der Waals surface area contributed by atoms with Crippen LogP contribution in [0, 0.1) is 0 Å². The van der Waals surface area contributed by atoms with Crippen LogP contribution in [-0.4, -0.2) is 19.5 Å². The highest BCUT2D eigenvalue weighted by atomic mass is 28.4. The molecule has 0 saturated heterocycles. The van der Waals surface area contributed by atoms with Crippen LogP contribution < -0.4 is 0 Å². The minimum absolute atomic E-state index is 0.0523. The van der Waals surface area contributed by atoms with E-state index < -0.39 is 20.0 Å². The molecule has 1 unspecified atom stereocenters. The molecule has 2 aromatic rings. The molecule has 0 aromatic heterocycles. The average Bonchev–Trinajstić information content (AvgIpc) is 2.53. The van der Waals surface area contributed by atoms with Gasteiger partial charge >= 0.3 is 0 Å². The monoisotopic (exact) mass is 342 g/mol. The van der Waals surface area contributed by atoms with Crippen molar-refractivity contribution >= 4 is 8.32 Å². The maximum absolute atomic E-state index is 10.9. The van der Waals surface area contributed by atoms with Crippen molar-refractivity contribution in [2.45, 2.75) is 57.5 Å². The molecule has 0 aliphatic rings. The highest BCUT2D eigenvalue weighted by Crippen LogP contribution is 2.46. The van der Waals surface area contributed by atoms with Gasteiger partial charge in [-0.1, -0.05) is 81.4 Å². The summed E-state index contributed by atoms with van der Waals surface area (Å²) in [5, 5.41) is 10.9. The lowest BCUT2D eigenvalue weighted by molar-refractivity contribution is -0.0289. The molecule has 0 fully saturated rings. The molecular formula is C21H30O2Si. The Bertz CT molecular complexity index is 603. The van der Waals surface area contributed by atoms with Crippen LogP contribution in [-0.2, 0) is 10.0 Å². The van der Waals surface area contributed by atoms with E-state index in [1.165, 1.54) is 0 Å². The summed E-state index contributed by atoms with van der Waals surface area (Å²) in [7, 11) is -2.13. The zero-order valence-electron chi connectivity index (χ0n) is 15.7. The minimum atomic E-state index is -2.13. The molecule has 0 aliphatic heterocycles. The summed E-state index contributed by atoms with van der Waals surface area (Å²) in [6, 6.07) is 20.2. The number of benzene rings is 2. The van der Waals surface area contributed by atoms with Crippen LogP contribution in [0.15, 0.2) is 60.7 Å². The second-order valence-corrected chi connectivity index (χ2v) is 12.7. The summed E-state index contributed by atoms with van der Waals surface area (Å²) in [6.45, 7) is 13.0. The molecule has 1 N–H and O–H groups in total. The largest absolute Gasteiger partial charge is 0.401 e. The van der Waals surface area contributed by atoms with Crippen molar-refractivity contribution < 1.29 is 9.53 Å². The van der Waals surface area contributed by atoms with Crippen molar-refractivity contribution in [3.63, 3.8) is 0 Å². The molecule has 24 heavy (non-hydrogen) atoms. The first-order valence-corrected chi connectivity index (χ1v) is 11.5. The summed E-state index contributed by atoms with van der Waals surface area (Å²) in [6.07, 6.45) is -0.670. The Labute approximate surface area is 147 Å². The number of hydrogen-bond donors (Lipinski definition) is 1. The van der Waals surface area contributed by atoms with Crippen LogP contribution in [0.5, 0.6) is 0 Å². The van der Waals surface area contributed by atoms with E-state index in [0.717, 1.165) is 11.1 Å². The van der Waals surface area contributed by atoms with Crippen LogP contribution in [0.4, 0.5) is 0 Å². The maximum atomic E-state index is 10.9. The van der Waals surface area contributed by atoms with Gasteiger partial charge in [0.2, 0.25) is 0 Å². The van der Waals surface area contributed by atoms with E-state index in [1.807, 2.05) is 67.6 Å². The van der Waals surface area contributed by atoms with E-state index in [0.29, 0.717) is 0 Å². The third-order valence-electron chi connectivity index (χ3n) is 5.22. The summed E-state index contributed by atoms with van der Waals surface area (Å²) in [5.74, 6) is 0. The lowest BCUT2D eigenvalue weighted by Crippen LogP contribution is -2.53. The second-order valence-electron chi connectivity index (χ2n) is 8.01. The van der Waals surface area contributed by atoms with Crippen LogP contribution in [0.1, 0.15) is 38.8 Å². The molecule has 2 nitrogen and oxygen atoms in total. The summed E-state index contributed by atoms with van der Waals surface area (Å²) in [4.78, 5) is 0. The SMILES string of the molecule is CC(O)C(O[Si](C)(C)C(C)(C)C)(c1ccccc1)c1ccccc1. The fourth-order valence-corrected chi connectivity index (χ4v) is 4.30. The van der Waals surface area contributed by atoms with Crippen molar-refractivity contribution in [3.8, 4) is 0 Å². The third-order valence-corrected chi connectivity index (χ3v) is 9.66. The Balaban J connectivity index is 2.69. The predicted octanol–water partition coefficient (Wildman–Crippen LogP) is 5.33. The number of rotatable bonds is 5. The summed E-state index contributed by atoms with van der Waals surface area (Å²) < 4.78 is 6.91. The molecule has 2 rings (SSSR count). The van der Waals surface area contributed by atoms with Gasteiger partial charge in [0.1, 0.15) is 5.60 Å². The molecular weight excluding hydrogens is 312 g/mol. The molecule has 1 atom stereocenters. The molecule has 0 spiro atoms. The van der Waals surface area contributed by atoms with E-state index in [-0.39, 0.29) is 5.04 Å². The van der Waals surface area contributed by atoms with Crippen molar-refractivity contribution in [2.24, 2.45) is 0 Å². The topological polar surface area (TPSA) is 29.5 Å². The molecule has 0 heterocycles. The molecule has 130 valence electrons. The number of aliphatic hydroxyl groups excluding tert-OH is 1. The van der Waals surface area contributed by atoms with Gasteiger partial charge in [0.25, 0.3) is 0 Å². The minimum Gasteiger partial charge on any atom is -0.401 e. The predicted molar refractivity (Wildman–Crippen MR) is 104 cm³/mol. The molecule has 0 amide bonds. The van der Waals surface area contributed by atoms with Gasteiger partial charge in [0.05, 0.1) is 6.10 Å². The van der Waals surface area contributed by atoms with Crippen LogP contribution in [0.25, 0.3) is 0 Å². The first-order chi connectivity index (χ1) is 11.1. The Morgan fingerprint density at radius 1 is 0.833 bits per heavy atom. The quantitative estimate of drug-likeness (QED) is 0.744. The Hall–Kier alpha value is -1.42. The number of aliphatic hydroxyl groups is 1. The van der Waals surface area contributed by atoms with Gasteiger partial charge in [-0.3, -0.25) is 0 Å². The van der Waals surface area contributed by atoms with E-state index in [9.17, 15) is 5.11 Å². The van der Waals surface area contributed by atoms with Crippen molar-refractivity contribution in [2.75, 3.05) is 0 Å². The Morgan fingerprint density at radius 2 is 1.21 bits per heavy atom. The first kappa shape index (κ1) is 18.9. The van der Waals surface area contributed by atoms with Gasteiger partial charge in [-0.15, -0.1) is 0 Å². The summed E-state index contributed by atoms with van der Waals surface area (Å²) >= 11 is 0. The van der Waals surface area contributed by atoms with Crippen LogP contribution >= 0.6 is 0 Å². The van der Waals surface area contributed by atoms with E-state index in [1.54, 1.807) is 0 Å². The van der Waals surface area contributed by atoms with E-state index in [2.05, 4.69) is 33.9 Å². The molecule has 3 heteroatoms. The number of hydrogen-bond acceptors (Lipinski definition) is 2. The fourth-order valence-electron chi connectivity index (χ4n) is 2.78. The smallest absolute Gasteiger partial charge is 0.193 e. The van der Waals surface area contributed by atoms with Gasteiger partial charge in [0, 0.05) is 0 Å². The average molecular weight is 343 g/mol. The van der Waals surface area contributed by atoms with Crippen molar-refractivity contribution in [1.82, 2.24) is 0 Å². The normalized spacial score (nSPS) is 14.5. The van der Waals surface area contributed by atoms with Gasteiger partial charge in [-0.25, -0.2) is 0 Å². The fraction of sp³-hybridized carbons (Fsp3) is 0.429. The molecule has 0 bridgehead atoms. The van der Waals surface area contributed by atoms with Gasteiger partial charge in [-0.2, -0.15) is 0 Å². The van der Waals surface area contributed by atoms with Crippen molar-refractivity contribution in [1.29, 1.82) is 0 Å². The Morgan fingerprint density at radius 3 is 1.50 bits per heavy atom. The van der Waals surface area contributed by atoms with Crippen LogP contribution in [0.2, 0.25) is 18.1 Å². The lowest BCUT2D eigenvalue weighted by atomic mass is 9.82. The van der Waals surface area contributed by atoms with Crippen molar-refractivity contribution in [3.05, 3.63) is 71.8 Å². The molecule has 0 aliphatic carbocycles. The van der Waals surface area contributed by atoms with E-state index in [4.69, 9.17) is 4.43 Å². The molecule has 2 aromatic carbocycles. The second kappa shape index (κ2) is 6.83. The third kappa shape index (κ3) is 3.48. The van der Waals surface area contributed by atoms with Crippen LogP contribution in [0.3, 0.4) is 0 Å². The lowest BCUT2D eigenvalue weighted by Gasteiger charge is -2.47. The van der Waals surface area contributed by atoms with Gasteiger partial charge in [0.15, 0.2) is 8.32 Å². The molecule has 0 saturated carbocycles. The van der Waals surface area contributed by atoms with Gasteiger partial charge in [-0.05, 0) is 36.2 Å². The zero-order valence-corrected chi connectivity index (χ0v) is 16.7. The first-order valence-electron chi connectivity index (χ1n) is 8.60. The van der Waals surface area contributed by atoms with E-state index >= 15 is 0 Å². The zero-order chi connectivity index (χ0) is 18.0. The molecule has 0 radical (unpaired) electrons. The van der Waals surface area contributed by atoms with Gasteiger partial charge < -0.3 is 9.53 Å². The standard InChI is InChI=1S/C21H30O2Si/c1-17(22)21(18-13-9-7-10-14-18,19-15-11-8-12-16-19)23-24(5,6)20(2,3)4/h7-17,22H,1-6H3. The highest BCUT2D eigenvalue weighted by molar-refractivity contribution is 6.74. The Kier molecular flexibility index (Phi) is 5.38. The maximum Gasteiger partial charge on any atom is 0.193 e.